The van der Waals surface area contributed by atoms with Gasteiger partial charge in [0.1, 0.15) is 6.04 Å². The van der Waals surface area contributed by atoms with Crippen molar-refractivity contribution in [1.82, 2.24) is 10.2 Å². The fourth-order valence-corrected chi connectivity index (χ4v) is 3.80. The number of halogens is 3. The molecule has 1 aliphatic heterocycles. The highest BCUT2D eigenvalue weighted by molar-refractivity contribution is 5.89. The van der Waals surface area contributed by atoms with Gasteiger partial charge in [0.25, 0.3) is 0 Å². The minimum atomic E-state index is -4.95. The monoisotopic (exact) mass is 501 g/mol. The number of likely N-dealkylation sites (tertiary alicyclic amines) is 1. The van der Waals surface area contributed by atoms with Crippen LogP contribution in [0.5, 0.6) is 0 Å². The summed E-state index contributed by atoms with van der Waals surface area (Å²) in [5.41, 5.74) is 6.83. The third kappa shape index (κ3) is 8.85. The third-order valence-electron chi connectivity index (χ3n) is 5.68. The number of carbonyl (C=O) groups is 4. The number of unbranched alkanes of at least 4 members (excludes halogenated alkanes) is 1. The number of rotatable bonds is 12. The van der Waals surface area contributed by atoms with E-state index in [0.29, 0.717) is 19.3 Å². The van der Waals surface area contributed by atoms with Gasteiger partial charge in [-0.2, -0.15) is 13.2 Å². The molecule has 12 heteroatoms. The van der Waals surface area contributed by atoms with Crippen LogP contribution in [0, 0.1) is 0 Å². The fraction of sp³-hybridized carbons (Fsp3) is 0.565. The molecule has 1 aromatic rings. The summed E-state index contributed by atoms with van der Waals surface area (Å²) < 4.78 is 41.7. The minimum absolute atomic E-state index is 0.0795. The van der Waals surface area contributed by atoms with Gasteiger partial charge in [-0.05, 0) is 50.5 Å². The molecule has 0 radical (unpaired) electrons. The molecule has 1 heterocycles. The van der Waals surface area contributed by atoms with Crippen molar-refractivity contribution in [2.24, 2.45) is 5.73 Å². The lowest BCUT2D eigenvalue weighted by Gasteiger charge is -2.27. The van der Waals surface area contributed by atoms with E-state index in [9.17, 15) is 37.5 Å². The molecule has 0 aliphatic carbocycles. The zero-order valence-electron chi connectivity index (χ0n) is 19.1. The molecule has 1 aliphatic rings. The number of nitrogens with two attached hydrogens (primary N) is 1. The van der Waals surface area contributed by atoms with Crippen LogP contribution in [-0.2, 0) is 30.3 Å². The Morgan fingerprint density at radius 3 is 2.46 bits per heavy atom. The average Bonchev–Trinajstić information content (AvgIpc) is 3.30. The number of nitrogens with zero attached hydrogens (tertiary/aromatic N) is 1. The number of hydrogen-bond acceptors (Lipinski definition) is 6. The van der Waals surface area contributed by atoms with Crippen LogP contribution in [0.4, 0.5) is 13.2 Å². The van der Waals surface area contributed by atoms with Gasteiger partial charge in [0.15, 0.2) is 6.10 Å². The van der Waals surface area contributed by atoms with Crippen LogP contribution < -0.4 is 11.1 Å². The van der Waals surface area contributed by atoms with E-state index in [-0.39, 0.29) is 38.8 Å². The molecule has 1 fully saturated rings. The molecule has 35 heavy (non-hydrogen) atoms. The quantitative estimate of drug-likeness (QED) is 0.293. The van der Waals surface area contributed by atoms with Gasteiger partial charge in [-0.15, -0.1) is 0 Å². The minimum Gasteiger partial charge on any atom is -0.479 e. The number of esters is 1. The lowest BCUT2D eigenvalue weighted by Crippen LogP contribution is -2.49. The molecular formula is C23H30F3N3O6. The van der Waals surface area contributed by atoms with Gasteiger partial charge in [0.2, 0.25) is 5.91 Å². The lowest BCUT2D eigenvalue weighted by atomic mass is 10.1. The molecule has 3 atom stereocenters. The second kappa shape index (κ2) is 13.1. The highest BCUT2D eigenvalue weighted by Crippen LogP contribution is 2.22. The largest absolute Gasteiger partial charge is 0.479 e. The third-order valence-corrected chi connectivity index (χ3v) is 5.68. The van der Waals surface area contributed by atoms with Gasteiger partial charge < -0.3 is 25.8 Å². The average molecular weight is 502 g/mol. The maximum absolute atomic E-state index is 12.8. The number of benzene rings is 1. The van der Waals surface area contributed by atoms with E-state index < -0.39 is 48.1 Å². The Morgan fingerprint density at radius 2 is 1.83 bits per heavy atom. The molecule has 2 amide bonds. The number of carboxylic acid groups (broad SMARTS) is 1. The summed E-state index contributed by atoms with van der Waals surface area (Å²) in [6, 6.07) is 7.21. The molecule has 0 saturated carbocycles. The van der Waals surface area contributed by atoms with Gasteiger partial charge in [-0.25, -0.2) is 9.59 Å². The zero-order chi connectivity index (χ0) is 26.0. The van der Waals surface area contributed by atoms with Crippen molar-refractivity contribution in [2.75, 3.05) is 13.1 Å². The highest BCUT2D eigenvalue weighted by atomic mass is 19.4. The summed E-state index contributed by atoms with van der Waals surface area (Å²) in [7, 11) is 0. The molecule has 9 nitrogen and oxygen atoms in total. The van der Waals surface area contributed by atoms with E-state index in [1.807, 2.05) is 30.3 Å². The first kappa shape index (κ1) is 28.1. The highest BCUT2D eigenvalue weighted by Gasteiger charge is 2.39. The normalized spacial score (nSPS) is 17.5. The Balaban J connectivity index is 1.83. The second-order valence-electron chi connectivity index (χ2n) is 8.33. The fourth-order valence-electron chi connectivity index (χ4n) is 3.80. The molecule has 4 N–H and O–H groups in total. The Labute approximate surface area is 200 Å². The number of carbonyl (C=O) groups excluding carboxylic acids is 3. The van der Waals surface area contributed by atoms with E-state index in [1.165, 1.54) is 4.90 Å². The van der Waals surface area contributed by atoms with Crippen LogP contribution in [0.15, 0.2) is 30.3 Å². The summed E-state index contributed by atoms with van der Waals surface area (Å²) in [5, 5.41) is 11.2. The van der Waals surface area contributed by atoms with Gasteiger partial charge in [-0.1, -0.05) is 30.3 Å². The first-order valence-corrected chi connectivity index (χ1v) is 11.4. The summed E-state index contributed by atoms with van der Waals surface area (Å²) in [5.74, 6) is -4.63. The first-order chi connectivity index (χ1) is 16.5. The van der Waals surface area contributed by atoms with Gasteiger partial charge in [0.05, 0.1) is 6.04 Å². The molecule has 194 valence electrons. The van der Waals surface area contributed by atoms with Crippen LogP contribution in [0.25, 0.3) is 0 Å². The summed E-state index contributed by atoms with van der Waals surface area (Å²) in [6.07, 6.45) is -4.38. The van der Waals surface area contributed by atoms with E-state index in [4.69, 9.17) is 10.5 Å². The summed E-state index contributed by atoms with van der Waals surface area (Å²) >= 11 is 0. The van der Waals surface area contributed by atoms with Crippen LogP contribution in [0.2, 0.25) is 0 Å². The Morgan fingerprint density at radius 1 is 1.14 bits per heavy atom. The van der Waals surface area contributed by atoms with Crippen molar-refractivity contribution < 1.29 is 42.2 Å². The van der Waals surface area contributed by atoms with Crippen molar-refractivity contribution in [2.45, 2.75) is 69.3 Å². The van der Waals surface area contributed by atoms with Crippen LogP contribution in [0.3, 0.4) is 0 Å². The standard InChI is InChI=1S/C23H30F3N3O6/c24-23(25,26)22(34)28-13-5-4-9-16(27)19(30)29-14-6-10-17(29)21(33)35-18(20(31)32)12-11-15-7-2-1-3-8-15/h1-3,7-8,16-18H,4-6,9-14,27H2,(H,28,34)(H,31,32)/t16-,17-,18?/m0/s1. The molecular weight excluding hydrogens is 471 g/mol. The Kier molecular flexibility index (Phi) is 10.5. The molecule has 2 rings (SSSR count). The number of hydrogen-bond donors (Lipinski definition) is 3. The maximum Gasteiger partial charge on any atom is 0.471 e. The van der Waals surface area contributed by atoms with Gasteiger partial charge >= 0.3 is 24.0 Å². The van der Waals surface area contributed by atoms with Gasteiger partial charge in [0, 0.05) is 13.1 Å². The number of alkyl halides is 3. The van der Waals surface area contributed by atoms with E-state index in [1.54, 1.807) is 5.32 Å². The van der Waals surface area contributed by atoms with Crippen molar-refractivity contribution in [1.29, 1.82) is 0 Å². The molecule has 1 saturated heterocycles. The van der Waals surface area contributed by atoms with Crippen molar-refractivity contribution in [3.63, 3.8) is 0 Å². The zero-order valence-corrected chi connectivity index (χ0v) is 19.1. The van der Waals surface area contributed by atoms with E-state index in [2.05, 4.69) is 0 Å². The topological polar surface area (TPSA) is 139 Å². The van der Waals surface area contributed by atoms with Gasteiger partial charge in [-0.3, -0.25) is 9.59 Å². The summed E-state index contributed by atoms with van der Waals surface area (Å²) in [4.78, 5) is 49.1. The van der Waals surface area contributed by atoms with E-state index in [0.717, 1.165) is 5.56 Å². The lowest BCUT2D eigenvalue weighted by molar-refractivity contribution is -0.173. The second-order valence-corrected chi connectivity index (χ2v) is 8.33. The van der Waals surface area contributed by atoms with Crippen LogP contribution in [0.1, 0.15) is 44.1 Å². The molecule has 0 aromatic heterocycles. The SMILES string of the molecule is N[C@@H](CCCCNC(=O)C(F)(F)F)C(=O)N1CCC[C@H]1C(=O)OC(CCc1ccccc1)C(=O)O. The predicted molar refractivity (Wildman–Crippen MR) is 118 cm³/mol. The van der Waals surface area contributed by atoms with Crippen molar-refractivity contribution in [3.05, 3.63) is 35.9 Å². The summed E-state index contributed by atoms with van der Waals surface area (Å²) in [6.45, 7) is 0.0488. The number of aliphatic carboxylic acids is 1. The van der Waals surface area contributed by atoms with Crippen molar-refractivity contribution in [3.8, 4) is 0 Å². The molecule has 0 spiro atoms. The smallest absolute Gasteiger partial charge is 0.471 e. The number of aryl methyl sites for hydroxylation is 1. The van der Waals surface area contributed by atoms with Crippen LogP contribution in [-0.4, -0.2) is 71.2 Å². The van der Waals surface area contributed by atoms with Crippen LogP contribution >= 0.6 is 0 Å². The Hall–Kier alpha value is -3.15. The molecule has 1 unspecified atom stereocenters. The van der Waals surface area contributed by atoms with Crippen molar-refractivity contribution >= 4 is 23.8 Å². The number of ether oxygens (including phenoxy) is 1. The number of carboxylic acids is 1. The molecule has 1 aromatic carbocycles. The number of amides is 2. The van der Waals surface area contributed by atoms with E-state index >= 15 is 0 Å². The predicted octanol–water partition coefficient (Wildman–Crippen LogP) is 1.78. The molecule has 0 bridgehead atoms. The maximum atomic E-state index is 12.8. The Bertz CT molecular complexity index is 881. The first-order valence-electron chi connectivity index (χ1n) is 11.4. The number of nitrogens with one attached hydrogen (secondary N) is 1.